The quantitative estimate of drug-likeness (QED) is 0.591. The number of fused-ring (bicyclic) bond motifs is 3. The Hall–Kier alpha value is -2.90. The van der Waals surface area contributed by atoms with Crippen LogP contribution < -0.4 is 4.74 Å². The van der Waals surface area contributed by atoms with Crippen LogP contribution >= 0.6 is 0 Å². The van der Waals surface area contributed by atoms with Crippen LogP contribution in [0.2, 0.25) is 0 Å². The second-order valence-corrected chi connectivity index (χ2v) is 8.70. The summed E-state index contributed by atoms with van der Waals surface area (Å²) in [5, 5.41) is 22.4. The predicted molar refractivity (Wildman–Crippen MR) is 115 cm³/mol. The molecule has 1 saturated heterocycles. The molecule has 0 spiro atoms. The number of hydrogen-bond acceptors (Lipinski definition) is 7. The Kier molecular flexibility index (Phi) is 5.18. The van der Waals surface area contributed by atoms with Gasteiger partial charge in [-0.25, -0.2) is 0 Å². The van der Waals surface area contributed by atoms with Gasteiger partial charge in [-0.2, -0.15) is 0 Å². The molecule has 0 radical (unpaired) electrons. The zero-order valence-electron chi connectivity index (χ0n) is 18.1. The summed E-state index contributed by atoms with van der Waals surface area (Å²) in [5.74, 6) is -1.34. The molecule has 2 unspecified atom stereocenters. The SMILES string of the molecule is COc1cccc2c1C(=O)c1c(O)c3c(c(O)c1C2=O)CCCC3OC1CCC[C@H](C)O1. The van der Waals surface area contributed by atoms with Crippen molar-refractivity contribution in [2.45, 2.75) is 63.9 Å². The smallest absolute Gasteiger partial charge is 0.202 e. The first-order valence-corrected chi connectivity index (χ1v) is 11.1. The summed E-state index contributed by atoms with van der Waals surface area (Å²) in [5.41, 5.74) is 0.777. The number of carbonyl (C=O) groups excluding carboxylic acids is 2. The third kappa shape index (κ3) is 3.11. The van der Waals surface area contributed by atoms with E-state index in [-0.39, 0.29) is 45.6 Å². The first-order valence-electron chi connectivity index (χ1n) is 11.1. The van der Waals surface area contributed by atoms with Crippen LogP contribution in [0.5, 0.6) is 17.2 Å². The topological polar surface area (TPSA) is 102 Å². The van der Waals surface area contributed by atoms with Crippen LogP contribution in [0.1, 0.15) is 88.1 Å². The van der Waals surface area contributed by atoms with Crippen molar-refractivity contribution >= 4 is 11.6 Å². The maximum absolute atomic E-state index is 13.5. The fraction of sp³-hybridized carbons (Fsp3) is 0.440. The summed E-state index contributed by atoms with van der Waals surface area (Å²) >= 11 is 0. The third-order valence-corrected chi connectivity index (χ3v) is 6.73. The van der Waals surface area contributed by atoms with E-state index in [0.717, 1.165) is 25.7 Å². The molecule has 168 valence electrons. The predicted octanol–water partition coefficient (Wildman–Crippen LogP) is 4.19. The molecule has 1 heterocycles. The maximum Gasteiger partial charge on any atom is 0.202 e. The first kappa shape index (κ1) is 21.0. The standard InChI is InChI=1S/C25H26O7/c1-12-6-3-11-17(31-12)32-16-10-5-8-14-19(16)25(29)21-20(23(14)27)22(26)13-7-4-9-15(30-2)18(13)24(21)28/h4,7,9,12,16-17,27,29H,3,5-6,8,10-11H2,1-2H3/t12-,16?,17?/m0/s1. The van der Waals surface area contributed by atoms with E-state index in [2.05, 4.69) is 0 Å². The van der Waals surface area contributed by atoms with Crippen molar-refractivity contribution in [3.05, 3.63) is 51.6 Å². The summed E-state index contributed by atoms with van der Waals surface area (Å²) in [6, 6.07) is 4.75. The van der Waals surface area contributed by atoms with E-state index < -0.39 is 24.0 Å². The minimum atomic E-state index is -0.547. The van der Waals surface area contributed by atoms with E-state index in [9.17, 15) is 19.8 Å². The zero-order chi connectivity index (χ0) is 22.6. The van der Waals surface area contributed by atoms with Gasteiger partial charge in [0.05, 0.1) is 36.0 Å². The second-order valence-electron chi connectivity index (χ2n) is 8.70. The van der Waals surface area contributed by atoms with E-state index in [1.165, 1.54) is 13.2 Å². The van der Waals surface area contributed by atoms with Crippen molar-refractivity contribution in [1.82, 2.24) is 0 Å². The molecule has 3 atom stereocenters. The molecule has 1 aliphatic heterocycles. The molecule has 2 aromatic carbocycles. The molecular weight excluding hydrogens is 412 g/mol. The lowest BCUT2D eigenvalue weighted by Gasteiger charge is -2.35. The average Bonchev–Trinajstić information content (AvgIpc) is 2.79. The van der Waals surface area contributed by atoms with Crippen molar-refractivity contribution in [2.24, 2.45) is 0 Å². The molecule has 2 aromatic rings. The van der Waals surface area contributed by atoms with Gasteiger partial charge in [-0.1, -0.05) is 12.1 Å². The molecule has 2 N–H and O–H groups in total. The zero-order valence-corrected chi connectivity index (χ0v) is 18.1. The van der Waals surface area contributed by atoms with Crippen molar-refractivity contribution in [3.8, 4) is 17.2 Å². The van der Waals surface area contributed by atoms with Crippen LogP contribution in [-0.2, 0) is 15.9 Å². The van der Waals surface area contributed by atoms with Gasteiger partial charge in [0.25, 0.3) is 0 Å². The highest BCUT2D eigenvalue weighted by Crippen LogP contribution is 2.50. The third-order valence-electron chi connectivity index (χ3n) is 6.73. The lowest BCUT2D eigenvalue weighted by Crippen LogP contribution is -2.31. The van der Waals surface area contributed by atoms with Crippen LogP contribution in [0.15, 0.2) is 18.2 Å². The van der Waals surface area contributed by atoms with Crippen molar-refractivity contribution in [2.75, 3.05) is 7.11 Å². The van der Waals surface area contributed by atoms with E-state index in [0.29, 0.717) is 24.0 Å². The molecule has 5 rings (SSSR count). The van der Waals surface area contributed by atoms with Crippen molar-refractivity contribution in [1.29, 1.82) is 0 Å². The number of methoxy groups -OCH3 is 1. The van der Waals surface area contributed by atoms with Crippen molar-refractivity contribution in [3.63, 3.8) is 0 Å². The highest BCUT2D eigenvalue weighted by atomic mass is 16.7. The van der Waals surface area contributed by atoms with Gasteiger partial charge in [-0.3, -0.25) is 9.59 Å². The number of phenols is 2. The molecule has 0 saturated carbocycles. The molecule has 0 amide bonds. The number of carbonyl (C=O) groups is 2. The number of ketones is 2. The van der Waals surface area contributed by atoms with Crippen LogP contribution in [0, 0.1) is 0 Å². The normalized spacial score (nSPS) is 24.5. The van der Waals surface area contributed by atoms with Crippen LogP contribution in [0.3, 0.4) is 0 Å². The largest absolute Gasteiger partial charge is 0.507 e. The highest BCUT2D eigenvalue weighted by molar-refractivity contribution is 6.31. The molecule has 7 heteroatoms. The summed E-state index contributed by atoms with van der Waals surface area (Å²) in [7, 11) is 1.42. The lowest BCUT2D eigenvalue weighted by molar-refractivity contribution is -0.215. The molecule has 32 heavy (non-hydrogen) atoms. The first-order chi connectivity index (χ1) is 15.4. The molecule has 1 fully saturated rings. The van der Waals surface area contributed by atoms with Gasteiger partial charge in [0.2, 0.25) is 5.78 Å². The number of rotatable bonds is 3. The molecule has 0 aromatic heterocycles. The summed E-state index contributed by atoms with van der Waals surface area (Å²) in [4.78, 5) is 26.7. The molecule has 3 aliphatic rings. The molecule has 2 aliphatic carbocycles. The van der Waals surface area contributed by atoms with Gasteiger partial charge in [0.1, 0.15) is 17.2 Å². The Morgan fingerprint density at radius 3 is 2.50 bits per heavy atom. The summed E-state index contributed by atoms with van der Waals surface area (Å²) < 4.78 is 17.4. The summed E-state index contributed by atoms with van der Waals surface area (Å²) in [6.45, 7) is 2.00. The number of phenolic OH excluding ortho intramolecular Hbond substituents is 2. The monoisotopic (exact) mass is 438 g/mol. The van der Waals surface area contributed by atoms with Gasteiger partial charge < -0.3 is 24.4 Å². The van der Waals surface area contributed by atoms with Crippen molar-refractivity contribution < 1.29 is 34.0 Å². The fourth-order valence-corrected chi connectivity index (χ4v) is 5.21. The average molecular weight is 438 g/mol. The molecular formula is C25H26O7. The Bertz CT molecular complexity index is 1120. The fourth-order valence-electron chi connectivity index (χ4n) is 5.21. The molecule has 0 bridgehead atoms. The van der Waals surface area contributed by atoms with Crippen LogP contribution in [0.4, 0.5) is 0 Å². The number of hydrogen-bond donors (Lipinski definition) is 2. The highest BCUT2D eigenvalue weighted by Gasteiger charge is 2.42. The van der Waals surface area contributed by atoms with E-state index in [4.69, 9.17) is 14.2 Å². The van der Waals surface area contributed by atoms with Gasteiger partial charge in [0, 0.05) is 16.7 Å². The second kappa shape index (κ2) is 7.90. The van der Waals surface area contributed by atoms with Gasteiger partial charge in [-0.15, -0.1) is 0 Å². The van der Waals surface area contributed by atoms with Gasteiger partial charge in [-0.05, 0) is 51.5 Å². The van der Waals surface area contributed by atoms with Gasteiger partial charge >= 0.3 is 0 Å². The van der Waals surface area contributed by atoms with E-state index in [1.54, 1.807) is 12.1 Å². The lowest BCUT2D eigenvalue weighted by atomic mass is 9.77. The van der Waals surface area contributed by atoms with Crippen LogP contribution in [0.25, 0.3) is 0 Å². The number of aromatic hydroxyl groups is 2. The van der Waals surface area contributed by atoms with Gasteiger partial charge in [0.15, 0.2) is 12.1 Å². The number of benzene rings is 2. The van der Waals surface area contributed by atoms with E-state index in [1.807, 2.05) is 6.92 Å². The Labute approximate surface area is 185 Å². The number of ether oxygens (including phenoxy) is 3. The Balaban J connectivity index is 1.64. The Morgan fingerprint density at radius 1 is 0.969 bits per heavy atom. The Morgan fingerprint density at radius 2 is 1.75 bits per heavy atom. The van der Waals surface area contributed by atoms with Crippen LogP contribution in [-0.4, -0.2) is 41.3 Å². The molecule has 7 nitrogen and oxygen atoms in total. The maximum atomic E-state index is 13.5. The minimum Gasteiger partial charge on any atom is -0.507 e. The summed E-state index contributed by atoms with van der Waals surface area (Å²) in [6.07, 6.45) is 3.66. The van der Waals surface area contributed by atoms with E-state index >= 15 is 0 Å². The minimum absolute atomic E-state index is 0.0884.